The third kappa shape index (κ3) is 4.75. The molecule has 0 bridgehead atoms. The molecule has 1 amide bonds. The van der Waals surface area contributed by atoms with E-state index in [-0.39, 0.29) is 6.61 Å². The number of primary amides is 1. The molecule has 2 aromatic carbocycles. The summed E-state index contributed by atoms with van der Waals surface area (Å²) in [5, 5.41) is 9.44. The van der Waals surface area contributed by atoms with Crippen molar-refractivity contribution in [3.8, 4) is 23.3 Å². The molecule has 0 atom stereocenters. The van der Waals surface area contributed by atoms with Crippen LogP contribution in [0, 0.1) is 11.3 Å². The van der Waals surface area contributed by atoms with Crippen molar-refractivity contribution in [1.82, 2.24) is 0 Å². The van der Waals surface area contributed by atoms with E-state index in [0.29, 0.717) is 17.1 Å². The normalized spacial score (nSPS) is 10.7. The van der Waals surface area contributed by atoms with E-state index >= 15 is 0 Å². The third-order valence-electron chi connectivity index (χ3n) is 3.39. The SMILES string of the molecule is COc1ccc(/C(C#N)=C/c2ccc(OCC(N)=O)c(OC)c2)cc1. The molecule has 0 fully saturated rings. The second kappa shape index (κ2) is 8.41. The van der Waals surface area contributed by atoms with Gasteiger partial charge in [-0.2, -0.15) is 5.26 Å². The number of rotatable bonds is 7. The molecule has 0 spiro atoms. The highest BCUT2D eigenvalue weighted by atomic mass is 16.5. The number of carbonyl (C=O) groups excluding carboxylic acids is 1. The Labute approximate surface area is 146 Å². The average Bonchev–Trinajstić information content (AvgIpc) is 2.64. The van der Waals surface area contributed by atoms with Crippen LogP contribution in [0.2, 0.25) is 0 Å². The largest absolute Gasteiger partial charge is 0.497 e. The van der Waals surface area contributed by atoms with E-state index in [2.05, 4.69) is 6.07 Å². The van der Waals surface area contributed by atoms with Crippen molar-refractivity contribution in [3.05, 3.63) is 53.6 Å². The van der Waals surface area contributed by atoms with Gasteiger partial charge in [0.1, 0.15) is 5.75 Å². The van der Waals surface area contributed by atoms with Crippen molar-refractivity contribution >= 4 is 17.6 Å². The molecule has 0 heterocycles. The number of nitrogens with zero attached hydrogens (tertiary/aromatic N) is 1. The predicted octanol–water partition coefficient (Wildman–Crippen LogP) is 2.63. The van der Waals surface area contributed by atoms with Crippen LogP contribution in [0.4, 0.5) is 0 Å². The van der Waals surface area contributed by atoms with Gasteiger partial charge in [-0.1, -0.05) is 6.07 Å². The number of hydrogen-bond donors (Lipinski definition) is 1. The van der Waals surface area contributed by atoms with Gasteiger partial charge in [0.2, 0.25) is 0 Å². The Morgan fingerprint density at radius 2 is 1.84 bits per heavy atom. The number of hydrogen-bond acceptors (Lipinski definition) is 5. The van der Waals surface area contributed by atoms with E-state index in [9.17, 15) is 10.1 Å². The fourth-order valence-electron chi connectivity index (χ4n) is 2.16. The first kappa shape index (κ1) is 17.9. The zero-order chi connectivity index (χ0) is 18.2. The van der Waals surface area contributed by atoms with E-state index in [1.54, 1.807) is 43.5 Å². The van der Waals surface area contributed by atoms with Gasteiger partial charge in [-0.25, -0.2) is 0 Å². The molecule has 0 saturated heterocycles. The maximum absolute atomic E-state index is 10.8. The second-order valence-corrected chi connectivity index (χ2v) is 5.06. The summed E-state index contributed by atoms with van der Waals surface area (Å²) in [6.07, 6.45) is 1.74. The van der Waals surface area contributed by atoms with E-state index in [1.165, 1.54) is 7.11 Å². The Hall–Kier alpha value is -3.46. The number of allylic oxidation sites excluding steroid dienone is 1. The van der Waals surface area contributed by atoms with Crippen molar-refractivity contribution in [2.75, 3.05) is 20.8 Å². The van der Waals surface area contributed by atoms with Gasteiger partial charge in [-0.05, 0) is 53.6 Å². The minimum atomic E-state index is -0.572. The summed E-state index contributed by atoms with van der Waals surface area (Å²) >= 11 is 0. The molecule has 2 N–H and O–H groups in total. The Kier molecular flexibility index (Phi) is 6.02. The summed E-state index contributed by atoms with van der Waals surface area (Å²) in [5.41, 5.74) is 7.10. The van der Waals surface area contributed by atoms with Gasteiger partial charge in [-0.3, -0.25) is 4.79 Å². The van der Waals surface area contributed by atoms with Gasteiger partial charge < -0.3 is 19.9 Å². The molecule has 0 unspecified atom stereocenters. The molecule has 0 aliphatic carbocycles. The number of nitriles is 1. The van der Waals surface area contributed by atoms with Crippen LogP contribution < -0.4 is 19.9 Å². The van der Waals surface area contributed by atoms with Gasteiger partial charge in [-0.15, -0.1) is 0 Å². The number of carbonyl (C=O) groups is 1. The molecule has 0 aromatic heterocycles. The zero-order valence-corrected chi connectivity index (χ0v) is 14.0. The fourth-order valence-corrected chi connectivity index (χ4v) is 2.16. The number of benzene rings is 2. The molecule has 0 saturated carbocycles. The quantitative estimate of drug-likeness (QED) is 0.618. The molecule has 2 aromatic rings. The van der Waals surface area contributed by atoms with Crippen molar-refractivity contribution in [1.29, 1.82) is 5.26 Å². The first-order chi connectivity index (χ1) is 12.1. The van der Waals surface area contributed by atoms with Crippen LogP contribution in [0.5, 0.6) is 17.2 Å². The maximum atomic E-state index is 10.8. The van der Waals surface area contributed by atoms with Crippen LogP contribution in [0.3, 0.4) is 0 Å². The van der Waals surface area contributed by atoms with Crippen LogP contribution in [-0.2, 0) is 4.79 Å². The highest BCUT2D eigenvalue weighted by Gasteiger charge is 2.08. The highest BCUT2D eigenvalue weighted by molar-refractivity contribution is 5.90. The lowest BCUT2D eigenvalue weighted by molar-refractivity contribution is -0.119. The predicted molar refractivity (Wildman–Crippen MR) is 94.2 cm³/mol. The summed E-state index contributed by atoms with van der Waals surface area (Å²) in [6.45, 7) is -0.235. The summed E-state index contributed by atoms with van der Waals surface area (Å²) in [4.78, 5) is 10.8. The van der Waals surface area contributed by atoms with Gasteiger partial charge in [0.25, 0.3) is 5.91 Å². The van der Waals surface area contributed by atoms with Crippen LogP contribution in [0.25, 0.3) is 11.6 Å². The molecular formula is C19H18N2O4. The van der Waals surface area contributed by atoms with Gasteiger partial charge >= 0.3 is 0 Å². The third-order valence-corrected chi connectivity index (χ3v) is 3.39. The Bertz CT molecular complexity index is 820. The Morgan fingerprint density at radius 1 is 1.12 bits per heavy atom. The molecule has 2 rings (SSSR count). The van der Waals surface area contributed by atoms with Crippen molar-refractivity contribution in [3.63, 3.8) is 0 Å². The van der Waals surface area contributed by atoms with E-state index in [0.717, 1.165) is 16.9 Å². The molecular weight excluding hydrogens is 320 g/mol. The monoisotopic (exact) mass is 338 g/mol. The number of ether oxygens (including phenoxy) is 3. The van der Waals surface area contributed by atoms with Gasteiger partial charge in [0.05, 0.1) is 25.9 Å². The Balaban J connectivity index is 2.30. The van der Waals surface area contributed by atoms with Crippen molar-refractivity contribution in [2.45, 2.75) is 0 Å². The lowest BCUT2D eigenvalue weighted by atomic mass is 10.0. The van der Waals surface area contributed by atoms with Crippen LogP contribution >= 0.6 is 0 Å². The van der Waals surface area contributed by atoms with Crippen molar-refractivity contribution in [2.24, 2.45) is 5.73 Å². The van der Waals surface area contributed by atoms with E-state index < -0.39 is 5.91 Å². The molecule has 0 radical (unpaired) electrons. The summed E-state index contributed by atoms with van der Waals surface area (Å²) in [5.74, 6) is 0.999. The molecule has 0 aliphatic heterocycles. The second-order valence-electron chi connectivity index (χ2n) is 5.06. The summed E-state index contributed by atoms with van der Waals surface area (Å²) in [7, 11) is 3.08. The van der Waals surface area contributed by atoms with Gasteiger partial charge in [0, 0.05) is 0 Å². The standard InChI is InChI=1S/C19H18N2O4/c1-23-16-6-4-14(5-7-16)15(11-20)9-13-3-8-17(18(10-13)24-2)25-12-19(21)22/h3-10H,12H2,1-2H3,(H2,21,22)/b15-9+. The molecule has 128 valence electrons. The lowest BCUT2D eigenvalue weighted by Crippen LogP contribution is -2.20. The summed E-state index contributed by atoms with van der Waals surface area (Å²) < 4.78 is 15.7. The van der Waals surface area contributed by atoms with Crippen LogP contribution in [-0.4, -0.2) is 26.7 Å². The number of amides is 1. The first-order valence-electron chi connectivity index (χ1n) is 7.42. The smallest absolute Gasteiger partial charge is 0.255 e. The molecule has 25 heavy (non-hydrogen) atoms. The number of nitrogens with two attached hydrogens (primary N) is 1. The minimum Gasteiger partial charge on any atom is -0.497 e. The van der Waals surface area contributed by atoms with Crippen LogP contribution in [0.15, 0.2) is 42.5 Å². The minimum absolute atomic E-state index is 0.235. The number of methoxy groups -OCH3 is 2. The van der Waals surface area contributed by atoms with Crippen LogP contribution in [0.1, 0.15) is 11.1 Å². The molecule has 6 heteroatoms. The van der Waals surface area contributed by atoms with Gasteiger partial charge in [0.15, 0.2) is 18.1 Å². The topological polar surface area (TPSA) is 94.6 Å². The van der Waals surface area contributed by atoms with E-state index in [1.807, 2.05) is 12.1 Å². The summed E-state index contributed by atoms with van der Waals surface area (Å²) in [6, 6.07) is 14.5. The van der Waals surface area contributed by atoms with Crippen molar-refractivity contribution < 1.29 is 19.0 Å². The average molecular weight is 338 g/mol. The zero-order valence-electron chi connectivity index (χ0n) is 14.0. The highest BCUT2D eigenvalue weighted by Crippen LogP contribution is 2.30. The first-order valence-corrected chi connectivity index (χ1v) is 7.42. The molecule has 0 aliphatic rings. The van der Waals surface area contributed by atoms with E-state index in [4.69, 9.17) is 19.9 Å². The lowest BCUT2D eigenvalue weighted by Gasteiger charge is -2.10. The fraction of sp³-hybridized carbons (Fsp3) is 0.158. The maximum Gasteiger partial charge on any atom is 0.255 e. The Morgan fingerprint density at radius 3 is 2.40 bits per heavy atom. The molecule has 6 nitrogen and oxygen atoms in total.